The summed E-state index contributed by atoms with van der Waals surface area (Å²) >= 11 is 0. The third-order valence-corrected chi connectivity index (χ3v) is 6.26. The van der Waals surface area contributed by atoms with Crippen molar-refractivity contribution in [1.82, 2.24) is 0 Å². The second-order valence-electron chi connectivity index (χ2n) is 6.51. The lowest BCUT2D eigenvalue weighted by Crippen LogP contribution is -2.41. The van der Waals surface area contributed by atoms with E-state index in [2.05, 4.69) is 0 Å². The zero-order valence-electron chi connectivity index (χ0n) is 13.6. The van der Waals surface area contributed by atoms with Gasteiger partial charge in [0.2, 0.25) is 0 Å². The maximum atomic E-state index is 12.5. The van der Waals surface area contributed by atoms with Gasteiger partial charge in [0.1, 0.15) is 0 Å². The normalized spacial score (nSPS) is 21.5. The minimum atomic E-state index is -3.30. The van der Waals surface area contributed by atoms with Crippen LogP contribution in [0.1, 0.15) is 40.0 Å². The minimum Gasteiger partial charge on any atom is -0.353 e. The summed E-state index contributed by atoms with van der Waals surface area (Å²) in [6.07, 6.45) is 2.82. The molecule has 5 heteroatoms. The molecule has 0 aromatic heterocycles. The second-order valence-corrected chi connectivity index (χ2v) is 8.55. The van der Waals surface area contributed by atoms with E-state index in [1.54, 1.807) is 24.3 Å². The van der Waals surface area contributed by atoms with Gasteiger partial charge in [-0.05, 0) is 51.2 Å². The number of benzene rings is 1. The average Bonchev–Trinajstić information content (AvgIpc) is 2.48. The van der Waals surface area contributed by atoms with Gasteiger partial charge >= 0.3 is 0 Å². The van der Waals surface area contributed by atoms with E-state index in [1.165, 1.54) is 0 Å². The molecule has 1 aliphatic rings. The van der Waals surface area contributed by atoms with Crippen LogP contribution in [0, 0.1) is 5.92 Å². The van der Waals surface area contributed by atoms with Gasteiger partial charge in [0.15, 0.2) is 16.1 Å². The highest BCUT2D eigenvalue weighted by atomic mass is 32.2. The summed E-state index contributed by atoms with van der Waals surface area (Å²) in [6.45, 7) is 6.52. The standard InChI is InChI=1S/C17H26O4S/c1-14(13-22(18,19)15-9-5-4-6-10-15)17(2,3)21-16-11-7-8-12-20-16/h4-6,9-10,14,16H,7-8,11-13H2,1-3H3. The molecule has 4 nitrogen and oxygen atoms in total. The highest BCUT2D eigenvalue weighted by Gasteiger charge is 2.34. The molecule has 2 atom stereocenters. The van der Waals surface area contributed by atoms with E-state index >= 15 is 0 Å². The summed E-state index contributed by atoms with van der Waals surface area (Å²) in [4.78, 5) is 0.367. The number of ether oxygens (including phenoxy) is 2. The molecule has 2 unspecified atom stereocenters. The first kappa shape index (κ1) is 17.4. The predicted octanol–water partition coefficient (Wildman–Crippen LogP) is 3.42. The van der Waals surface area contributed by atoms with Crippen molar-refractivity contribution in [1.29, 1.82) is 0 Å². The summed E-state index contributed by atoms with van der Waals surface area (Å²) in [5, 5.41) is 0. The lowest BCUT2D eigenvalue weighted by molar-refractivity contribution is -0.225. The minimum absolute atomic E-state index is 0.0662. The summed E-state index contributed by atoms with van der Waals surface area (Å²) in [5.74, 6) is -0.0697. The van der Waals surface area contributed by atoms with Crippen molar-refractivity contribution in [3.8, 4) is 0 Å². The molecule has 1 saturated heterocycles. The highest BCUT2D eigenvalue weighted by Crippen LogP contribution is 2.29. The summed E-state index contributed by atoms with van der Waals surface area (Å²) in [5.41, 5.74) is -0.552. The number of hydrogen-bond donors (Lipinski definition) is 0. The van der Waals surface area contributed by atoms with Crippen molar-refractivity contribution in [2.75, 3.05) is 12.4 Å². The molecule has 0 bridgehead atoms. The van der Waals surface area contributed by atoms with Crippen LogP contribution in [0.3, 0.4) is 0 Å². The third-order valence-electron chi connectivity index (χ3n) is 4.33. The molecule has 0 N–H and O–H groups in total. The quantitative estimate of drug-likeness (QED) is 0.804. The Balaban J connectivity index is 2.01. The van der Waals surface area contributed by atoms with Crippen LogP contribution in [-0.2, 0) is 19.3 Å². The van der Waals surface area contributed by atoms with Gasteiger partial charge in [-0.15, -0.1) is 0 Å². The van der Waals surface area contributed by atoms with Crippen LogP contribution in [0.5, 0.6) is 0 Å². The van der Waals surface area contributed by atoms with Crippen LogP contribution in [0.4, 0.5) is 0 Å². The zero-order chi connectivity index (χ0) is 16.2. The molecule has 0 radical (unpaired) electrons. The molecule has 0 aliphatic carbocycles. The Morgan fingerprint density at radius 3 is 2.55 bits per heavy atom. The Morgan fingerprint density at radius 2 is 1.95 bits per heavy atom. The molecular weight excluding hydrogens is 300 g/mol. The van der Waals surface area contributed by atoms with Crippen molar-refractivity contribution < 1.29 is 17.9 Å². The maximum absolute atomic E-state index is 12.5. The monoisotopic (exact) mass is 326 g/mol. The van der Waals surface area contributed by atoms with Gasteiger partial charge < -0.3 is 9.47 Å². The molecule has 0 amide bonds. The van der Waals surface area contributed by atoms with Gasteiger partial charge in [-0.2, -0.15) is 0 Å². The Kier molecular flexibility index (Phi) is 5.64. The molecule has 2 rings (SSSR count). The van der Waals surface area contributed by atoms with Crippen molar-refractivity contribution >= 4 is 9.84 Å². The molecule has 1 aromatic carbocycles. The van der Waals surface area contributed by atoms with E-state index in [1.807, 2.05) is 26.8 Å². The van der Waals surface area contributed by atoms with E-state index in [0.717, 1.165) is 25.9 Å². The second kappa shape index (κ2) is 7.11. The van der Waals surface area contributed by atoms with Crippen LogP contribution in [0.15, 0.2) is 35.2 Å². The van der Waals surface area contributed by atoms with Crippen LogP contribution >= 0.6 is 0 Å². The summed E-state index contributed by atoms with van der Waals surface area (Å²) in [7, 11) is -3.30. The van der Waals surface area contributed by atoms with Gasteiger partial charge in [0.05, 0.1) is 16.2 Å². The van der Waals surface area contributed by atoms with Crippen molar-refractivity contribution in [3.05, 3.63) is 30.3 Å². The van der Waals surface area contributed by atoms with Crippen LogP contribution in [0.2, 0.25) is 0 Å². The van der Waals surface area contributed by atoms with Gasteiger partial charge in [0.25, 0.3) is 0 Å². The van der Waals surface area contributed by atoms with E-state index in [-0.39, 0.29) is 18.0 Å². The first-order valence-corrected chi connectivity index (χ1v) is 9.54. The lowest BCUT2D eigenvalue weighted by Gasteiger charge is -2.36. The Hall–Kier alpha value is -0.910. The fourth-order valence-corrected chi connectivity index (χ4v) is 4.34. The molecular formula is C17H26O4S. The fourth-order valence-electron chi connectivity index (χ4n) is 2.51. The SMILES string of the molecule is CC(CS(=O)(=O)c1ccccc1)C(C)(C)OC1CCCCO1. The topological polar surface area (TPSA) is 52.6 Å². The lowest BCUT2D eigenvalue weighted by atomic mass is 9.94. The molecule has 22 heavy (non-hydrogen) atoms. The first-order chi connectivity index (χ1) is 10.3. The van der Waals surface area contributed by atoms with Gasteiger partial charge in [-0.1, -0.05) is 25.1 Å². The van der Waals surface area contributed by atoms with E-state index in [4.69, 9.17) is 9.47 Å². The molecule has 1 heterocycles. The largest absolute Gasteiger partial charge is 0.353 e. The van der Waals surface area contributed by atoms with Crippen molar-refractivity contribution in [2.24, 2.45) is 5.92 Å². The van der Waals surface area contributed by atoms with Crippen LogP contribution in [-0.4, -0.2) is 32.7 Å². The Labute approximate surface area is 133 Å². The highest BCUT2D eigenvalue weighted by molar-refractivity contribution is 7.91. The van der Waals surface area contributed by atoms with Crippen molar-refractivity contribution in [3.63, 3.8) is 0 Å². The number of hydrogen-bond acceptors (Lipinski definition) is 4. The smallest absolute Gasteiger partial charge is 0.178 e. The summed E-state index contributed by atoms with van der Waals surface area (Å²) in [6, 6.07) is 8.58. The van der Waals surface area contributed by atoms with Gasteiger partial charge in [0, 0.05) is 6.61 Å². The number of sulfone groups is 1. The van der Waals surface area contributed by atoms with Gasteiger partial charge in [-0.3, -0.25) is 0 Å². The predicted molar refractivity (Wildman–Crippen MR) is 86.4 cm³/mol. The van der Waals surface area contributed by atoms with Crippen LogP contribution < -0.4 is 0 Å². The van der Waals surface area contributed by atoms with Crippen LogP contribution in [0.25, 0.3) is 0 Å². The Bertz CT molecular complexity index is 560. The molecule has 1 fully saturated rings. The molecule has 1 aliphatic heterocycles. The zero-order valence-corrected chi connectivity index (χ0v) is 14.4. The average molecular weight is 326 g/mol. The van der Waals surface area contributed by atoms with Gasteiger partial charge in [-0.25, -0.2) is 8.42 Å². The molecule has 0 spiro atoms. The van der Waals surface area contributed by atoms with Crippen molar-refractivity contribution in [2.45, 2.75) is 56.8 Å². The Morgan fingerprint density at radius 1 is 1.27 bits per heavy atom. The number of rotatable bonds is 6. The van der Waals surface area contributed by atoms with E-state index in [0.29, 0.717) is 4.90 Å². The van der Waals surface area contributed by atoms with E-state index in [9.17, 15) is 8.42 Å². The molecule has 1 aromatic rings. The van der Waals surface area contributed by atoms with E-state index < -0.39 is 15.4 Å². The maximum Gasteiger partial charge on any atom is 0.178 e. The fraction of sp³-hybridized carbons (Fsp3) is 0.647. The summed E-state index contributed by atoms with van der Waals surface area (Å²) < 4.78 is 36.6. The first-order valence-electron chi connectivity index (χ1n) is 7.88. The molecule has 0 saturated carbocycles. The molecule has 124 valence electrons. The third kappa shape index (κ3) is 4.54.